The van der Waals surface area contributed by atoms with Gasteiger partial charge in [-0.15, -0.1) is 24.0 Å². The highest BCUT2D eigenvalue weighted by atomic mass is 127. The molecule has 0 amide bonds. The van der Waals surface area contributed by atoms with Gasteiger partial charge in [0.25, 0.3) is 0 Å². The zero-order valence-electron chi connectivity index (χ0n) is 16.1. The Bertz CT molecular complexity index is 885. The van der Waals surface area contributed by atoms with Gasteiger partial charge in [0, 0.05) is 25.5 Å². The van der Waals surface area contributed by atoms with Gasteiger partial charge in [-0.2, -0.15) is 0 Å². The zero-order chi connectivity index (χ0) is 18.4. The minimum Gasteiger partial charge on any atom is -0.356 e. The van der Waals surface area contributed by atoms with Crippen LogP contribution in [0.2, 0.25) is 0 Å². The number of nitrogens with zero attached hydrogens (tertiary/aromatic N) is 2. The average molecular weight is 474 g/mol. The van der Waals surface area contributed by atoms with Crippen molar-refractivity contribution in [3.63, 3.8) is 0 Å². The molecule has 2 N–H and O–H groups in total. The van der Waals surface area contributed by atoms with E-state index in [0.29, 0.717) is 0 Å². The van der Waals surface area contributed by atoms with Crippen LogP contribution in [0.4, 0.5) is 0 Å². The molecule has 4 nitrogen and oxygen atoms in total. The molecular weight excluding hydrogens is 447 g/mol. The van der Waals surface area contributed by atoms with Crippen LogP contribution in [-0.2, 0) is 6.42 Å². The van der Waals surface area contributed by atoms with E-state index < -0.39 is 0 Å². The maximum absolute atomic E-state index is 4.36. The Kier molecular flexibility index (Phi) is 8.03. The number of pyridine rings is 1. The smallest absolute Gasteiger partial charge is 0.191 e. The third kappa shape index (κ3) is 5.66. The summed E-state index contributed by atoms with van der Waals surface area (Å²) in [4.78, 5) is 8.70. The summed E-state index contributed by atoms with van der Waals surface area (Å²) in [6.45, 7) is 4.98. The van der Waals surface area contributed by atoms with Gasteiger partial charge in [0.2, 0.25) is 0 Å². The van der Waals surface area contributed by atoms with Gasteiger partial charge < -0.3 is 10.6 Å². The van der Waals surface area contributed by atoms with Crippen molar-refractivity contribution in [3.05, 3.63) is 77.6 Å². The van der Waals surface area contributed by atoms with Crippen molar-refractivity contribution < 1.29 is 0 Å². The number of aliphatic imine (C=N–C) groups is 1. The van der Waals surface area contributed by atoms with Crippen LogP contribution in [0.5, 0.6) is 0 Å². The summed E-state index contributed by atoms with van der Waals surface area (Å²) in [5.41, 5.74) is 3.54. The minimum atomic E-state index is 0. The van der Waals surface area contributed by atoms with E-state index in [1.807, 2.05) is 19.2 Å². The summed E-state index contributed by atoms with van der Waals surface area (Å²) in [6, 6.07) is 19.2. The molecule has 5 heteroatoms. The predicted molar refractivity (Wildman–Crippen MR) is 125 cm³/mol. The number of hydrogen-bond acceptors (Lipinski definition) is 2. The normalized spacial score (nSPS) is 12.3. The Morgan fingerprint density at radius 3 is 2.59 bits per heavy atom. The molecule has 0 aliphatic rings. The highest BCUT2D eigenvalue weighted by Crippen LogP contribution is 2.23. The number of nitrogens with one attached hydrogen (secondary N) is 2. The molecule has 3 aromatic rings. The molecule has 0 radical (unpaired) electrons. The Labute approximate surface area is 178 Å². The van der Waals surface area contributed by atoms with Crippen LogP contribution >= 0.6 is 24.0 Å². The number of hydrogen-bond donors (Lipinski definition) is 2. The zero-order valence-corrected chi connectivity index (χ0v) is 18.4. The topological polar surface area (TPSA) is 49.3 Å². The molecule has 27 heavy (non-hydrogen) atoms. The van der Waals surface area contributed by atoms with E-state index >= 15 is 0 Å². The maximum Gasteiger partial charge on any atom is 0.191 e. The van der Waals surface area contributed by atoms with E-state index in [-0.39, 0.29) is 30.0 Å². The average Bonchev–Trinajstić information content (AvgIpc) is 2.68. The molecule has 142 valence electrons. The lowest BCUT2D eigenvalue weighted by molar-refractivity contribution is 0.688. The molecule has 0 spiro atoms. The summed E-state index contributed by atoms with van der Waals surface area (Å²) in [6.07, 6.45) is 2.85. The monoisotopic (exact) mass is 474 g/mol. The van der Waals surface area contributed by atoms with E-state index in [1.165, 1.54) is 21.9 Å². The van der Waals surface area contributed by atoms with Gasteiger partial charge in [0.05, 0.1) is 6.04 Å². The highest BCUT2D eigenvalue weighted by molar-refractivity contribution is 14.0. The molecule has 1 aromatic heterocycles. The molecule has 0 saturated carbocycles. The van der Waals surface area contributed by atoms with E-state index in [4.69, 9.17) is 0 Å². The van der Waals surface area contributed by atoms with Gasteiger partial charge in [-0.25, -0.2) is 0 Å². The largest absolute Gasteiger partial charge is 0.356 e. The van der Waals surface area contributed by atoms with E-state index in [0.717, 1.165) is 24.6 Å². The van der Waals surface area contributed by atoms with Gasteiger partial charge in [-0.1, -0.05) is 48.5 Å². The third-order valence-corrected chi connectivity index (χ3v) is 4.55. The molecule has 1 unspecified atom stereocenters. The highest BCUT2D eigenvalue weighted by Gasteiger charge is 2.10. The summed E-state index contributed by atoms with van der Waals surface area (Å²) >= 11 is 0. The first-order valence-electron chi connectivity index (χ1n) is 9.04. The Morgan fingerprint density at radius 1 is 1.07 bits per heavy atom. The van der Waals surface area contributed by atoms with Crippen LogP contribution in [-0.4, -0.2) is 24.5 Å². The second-order valence-corrected chi connectivity index (χ2v) is 6.49. The second kappa shape index (κ2) is 10.3. The van der Waals surface area contributed by atoms with Gasteiger partial charge in [0.1, 0.15) is 0 Å². The van der Waals surface area contributed by atoms with Crippen molar-refractivity contribution in [2.75, 3.05) is 13.6 Å². The standard InChI is InChI=1S/C22H26N4.HI/c1-16-11-12-18(15-25-16)13-14-24-22(23-3)26-17(2)20-10-6-8-19-7-4-5-9-21(19)20;/h4-12,15,17H,13-14H2,1-3H3,(H2,23,24,26);1H. The third-order valence-electron chi connectivity index (χ3n) is 4.55. The number of guanidine groups is 1. The minimum absolute atomic E-state index is 0. The van der Waals surface area contributed by atoms with Crippen LogP contribution in [0.15, 0.2) is 65.8 Å². The van der Waals surface area contributed by atoms with Gasteiger partial charge in [-0.05, 0) is 48.2 Å². The lowest BCUT2D eigenvalue weighted by Crippen LogP contribution is -2.39. The first-order chi connectivity index (χ1) is 12.7. The first kappa shape index (κ1) is 21.2. The van der Waals surface area contributed by atoms with Crippen molar-refractivity contribution in [2.45, 2.75) is 26.3 Å². The molecule has 1 atom stereocenters. The number of benzene rings is 2. The maximum atomic E-state index is 4.36. The number of rotatable bonds is 5. The lowest BCUT2D eigenvalue weighted by Gasteiger charge is -2.20. The molecular formula is C22H27IN4. The van der Waals surface area contributed by atoms with Gasteiger partial charge in [0.15, 0.2) is 5.96 Å². The van der Waals surface area contributed by atoms with E-state index in [9.17, 15) is 0 Å². The number of aromatic nitrogens is 1. The molecule has 0 aliphatic heterocycles. The molecule has 2 aromatic carbocycles. The van der Waals surface area contributed by atoms with Crippen molar-refractivity contribution in [3.8, 4) is 0 Å². The van der Waals surface area contributed by atoms with Crippen molar-refractivity contribution in [1.29, 1.82) is 0 Å². The SMILES string of the molecule is CN=C(NCCc1ccc(C)nc1)NC(C)c1cccc2ccccc12.I. The molecule has 3 rings (SSSR count). The Morgan fingerprint density at radius 2 is 1.85 bits per heavy atom. The van der Waals surface area contributed by atoms with Crippen LogP contribution in [0.3, 0.4) is 0 Å². The van der Waals surface area contributed by atoms with Crippen LogP contribution in [0.25, 0.3) is 10.8 Å². The number of aryl methyl sites for hydroxylation is 1. The molecule has 1 heterocycles. The molecule has 0 aliphatic carbocycles. The van der Waals surface area contributed by atoms with Crippen molar-refractivity contribution in [1.82, 2.24) is 15.6 Å². The molecule has 0 fully saturated rings. The molecule has 0 bridgehead atoms. The summed E-state index contributed by atoms with van der Waals surface area (Å²) in [7, 11) is 1.80. The van der Waals surface area contributed by atoms with Crippen molar-refractivity contribution in [2.24, 2.45) is 4.99 Å². The van der Waals surface area contributed by atoms with Crippen LogP contribution in [0, 0.1) is 6.92 Å². The van der Waals surface area contributed by atoms with E-state index in [1.54, 1.807) is 7.05 Å². The number of fused-ring (bicyclic) bond motifs is 1. The fourth-order valence-corrected chi connectivity index (χ4v) is 3.08. The molecule has 0 saturated heterocycles. The lowest BCUT2D eigenvalue weighted by atomic mass is 10.00. The van der Waals surface area contributed by atoms with Crippen molar-refractivity contribution >= 4 is 40.7 Å². The summed E-state index contributed by atoms with van der Waals surface area (Å²) in [5, 5.41) is 9.42. The quantitative estimate of drug-likeness (QED) is 0.322. The summed E-state index contributed by atoms with van der Waals surface area (Å²) < 4.78 is 0. The second-order valence-electron chi connectivity index (χ2n) is 6.49. The fraction of sp³-hybridized carbons (Fsp3) is 0.273. The number of halogens is 1. The van der Waals surface area contributed by atoms with Gasteiger partial charge in [-0.3, -0.25) is 9.98 Å². The van der Waals surface area contributed by atoms with Crippen LogP contribution < -0.4 is 10.6 Å². The fourth-order valence-electron chi connectivity index (χ4n) is 3.08. The summed E-state index contributed by atoms with van der Waals surface area (Å²) in [5.74, 6) is 0.811. The van der Waals surface area contributed by atoms with Gasteiger partial charge >= 0.3 is 0 Å². The van der Waals surface area contributed by atoms with Crippen LogP contribution in [0.1, 0.15) is 29.8 Å². The van der Waals surface area contributed by atoms with E-state index in [2.05, 4.69) is 76.1 Å². The first-order valence-corrected chi connectivity index (χ1v) is 9.04. The predicted octanol–water partition coefficient (Wildman–Crippen LogP) is 4.63. The Hall–Kier alpha value is -2.15. The Balaban J connectivity index is 0.00000261.